The molecule has 2 rings (SSSR count). The molecule has 0 atom stereocenters. The van der Waals surface area contributed by atoms with E-state index in [9.17, 15) is 14.9 Å². The zero-order valence-corrected chi connectivity index (χ0v) is 14.5. The van der Waals surface area contributed by atoms with Crippen LogP contribution < -0.4 is 0 Å². The normalized spacial score (nSPS) is 11.2. The summed E-state index contributed by atoms with van der Waals surface area (Å²) in [5.41, 5.74) is 1.83. The highest BCUT2D eigenvalue weighted by Gasteiger charge is 2.17. The lowest BCUT2D eigenvalue weighted by atomic mass is 9.87. The first-order valence-corrected chi connectivity index (χ1v) is 7.77. The van der Waals surface area contributed by atoms with Gasteiger partial charge in [0.25, 0.3) is 5.69 Å². The molecule has 0 saturated heterocycles. The Morgan fingerprint density at radius 1 is 1.17 bits per heavy atom. The van der Waals surface area contributed by atoms with Crippen molar-refractivity contribution in [1.29, 1.82) is 0 Å². The predicted molar refractivity (Wildman–Crippen MR) is 92.4 cm³/mol. The number of hydrogen-bond donors (Lipinski definition) is 0. The van der Waals surface area contributed by atoms with Gasteiger partial charge in [0.2, 0.25) is 0 Å². The molecule has 0 aliphatic rings. The van der Waals surface area contributed by atoms with E-state index in [0.29, 0.717) is 0 Å². The van der Waals surface area contributed by atoms with Gasteiger partial charge in [-0.15, -0.1) is 0 Å². The molecule has 0 radical (unpaired) electrons. The second-order valence-corrected chi connectivity index (χ2v) is 6.85. The van der Waals surface area contributed by atoms with Crippen LogP contribution >= 0.6 is 11.6 Å². The number of ether oxygens (including phenoxy) is 1. The van der Waals surface area contributed by atoms with E-state index in [1.54, 1.807) is 0 Å². The summed E-state index contributed by atoms with van der Waals surface area (Å²) in [5, 5.41) is 10.9. The van der Waals surface area contributed by atoms with Crippen molar-refractivity contribution >= 4 is 23.3 Å². The van der Waals surface area contributed by atoms with Gasteiger partial charge >= 0.3 is 5.97 Å². The predicted octanol–water partition coefficient (Wildman–Crippen LogP) is 4.90. The van der Waals surface area contributed by atoms with E-state index in [-0.39, 0.29) is 28.3 Å². The smallest absolute Gasteiger partial charge is 0.340 e. The van der Waals surface area contributed by atoms with Gasteiger partial charge in [0, 0.05) is 12.1 Å². The van der Waals surface area contributed by atoms with Crippen molar-refractivity contribution in [3.8, 4) is 0 Å². The Kier molecular flexibility index (Phi) is 5.24. The van der Waals surface area contributed by atoms with Gasteiger partial charge in [-0.2, -0.15) is 0 Å². The maximum absolute atomic E-state index is 12.1. The van der Waals surface area contributed by atoms with E-state index in [1.165, 1.54) is 17.7 Å². The van der Waals surface area contributed by atoms with Gasteiger partial charge in [-0.05, 0) is 22.6 Å². The highest BCUT2D eigenvalue weighted by atomic mass is 35.5. The van der Waals surface area contributed by atoms with Gasteiger partial charge in [0.15, 0.2) is 0 Å². The van der Waals surface area contributed by atoms with E-state index >= 15 is 0 Å². The summed E-state index contributed by atoms with van der Waals surface area (Å²) in [6.07, 6.45) is 0. The topological polar surface area (TPSA) is 69.4 Å². The van der Waals surface area contributed by atoms with Crippen LogP contribution in [0.15, 0.2) is 42.5 Å². The van der Waals surface area contributed by atoms with Gasteiger partial charge < -0.3 is 4.74 Å². The van der Waals surface area contributed by atoms with Crippen LogP contribution in [0.5, 0.6) is 0 Å². The van der Waals surface area contributed by atoms with Crippen LogP contribution in [-0.2, 0) is 16.8 Å². The Morgan fingerprint density at radius 3 is 2.33 bits per heavy atom. The number of rotatable bonds is 4. The van der Waals surface area contributed by atoms with Gasteiger partial charge in [-0.1, -0.05) is 56.6 Å². The average Bonchev–Trinajstić information content (AvgIpc) is 2.52. The Morgan fingerprint density at radius 2 is 1.79 bits per heavy atom. The molecular formula is C18H18ClNO4. The molecule has 126 valence electrons. The minimum absolute atomic E-state index is 0.0165. The van der Waals surface area contributed by atoms with Crippen molar-refractivity contribution in [2.24, 2.45) is 0 Å². The number of carbonyl (C=O) groups is 1. The van der Waals surface area contributed by atoms with E-state index in [4.69, 9.17) is 16.3 Å². The molecule has 0 amide bonds. The average molecular weight is 348 g/mol. The molecule has 0 aliphatic carbocycles. The number of hydrogen-bond acceptors (Lipinski definition) is 4. The van der Waals surface area contributed by atoms with Gasteiger partial charge in [-0.25, -0.2) is 4.79 Å². The van der Waals surface area contributed by atoms with Crippen molar-refractivity contribution < 1.29 is 14.5 Å². The molecule has 6 heteroatoms. The number of nitro groups is 1. The maximum Gasteiger partial charge on any atom is 0.340 e. The van der Waals surface area contributed by atoms with Crippen molar-refractivity contribution in [2.75, 3.05) is 0 Å². The summed E-state index contributed by atoms with van der Waals surface area (Å²) in [6, 6.07) is 11.4. The van der Waals surface area contributed by atoms with Gasteiger partial charge in [0.05, 0.1) is 15.5 Å². The fraction of sp³-hybridized carbons (Fsp3) is 0.278. The minimum Gasteiger partial charge on any atom is -0.457 e. The Bertz CT molecular complexity index is 764. The number of non-ortho nitro benzene ring substituents is 1. The molecule has 0 aliphatic heterocycles. The van der Waals surface area contributed by atoms with Gasteiger partial charge in [-0.3, -0.25) is 10.1 Å². The first kappa shape index (κ1) is 17.9. The van der Waals surface area contributed by atoms with E-state index < -0.39 is 10.9 Å². The summed E-state index contributed by atoms with van der Waals surface area (Å²) in [7, 11) is 0. The fourth-order valence-electron chi connectivity index (χ4n) is 2.11. The number of benzene rings is 2. The second-order valence-electron chi connectivity index (χ2n) is 6.44. The third-order valence-electron chi connectivity index (χ3n) is 3.57. The SMILES string of the molecule is CC(C)(C)c1ccc(COC(=O)c2cc([N+](=O)[O-])ccc2Cl)cc1. The molecule has 2 aromatic rings. The van der Waals surface area contributed by atoms with E-state index in [0.717, 1.165) is 11.6 Å². The molecule has 0 aromatic heterocycles. The lowest BCUT2D eigenvalue weighted by Gasteiger charge is -2.19. The number of halogens is 1. The van der Waals surface area contributed by atoms with E-state index in [2.05, 4.69) is 20.8 Å². The van der Waals surface area contributed by atoms with Crippen LogP contribution in [0.3, 0.4) is 0 Å². The third kappa shape index (κ3) is 4.32. The number of nitro benzene ring substituents is 1. The molecule has 0 saturated carbocycles. The number of nitrogens with zero attached hydrogens (tertiary/aromatic N) is 1. The van der Waals surface area contributed by atoms with E-state index in [1.807, 2.05) is 24.3 Å². The quantitative estimate of drug-likeness (QED) is 0.448. The number of carbonyl (C=O) groups excluding carboxylic acids is 1. The summed E-state index contributed by atoms with van der Waals surface area (Å²) >= 11 is 5.93. The third-order valence-corrected chi connectivity index (χ3v) is 3.90. The van der Waals surface area contributed by atoms with Gasteiger partial charge in [0.1, 0.15) is 6.61 Å². The largest absolute Gasteiger partial charge is 0.457 e. The summed E-state index contributed by atoms with van der Waals surface area (Å²) in [5.74, 6) is -0.691. The molecule has 5 nitrogen and oxygen atoms in total. The molecule has 0 N–H and O–H groups in total. The minimum atomic E-state index is -0.691. The molecule has 0 spiro atoms. The molecule has 0 bridgehead atoms. The highest BCUT2D eigenvalue weighted by Crippen LogP contribution is 2.24. The molecule has 24 heavy (non-hydrogen) atoms. The van der Waals surface area contributed by atoms with Crippen LogP contribution in [0.1, 0.15) is 42.3 Å². The monoisotopic (exact) mass is 347 g/mol. The van der Waals surface area contributed by atoms with Crippen molar-refractivity contribution in [1.82, 2.24) is 0 Å². The molecule has 0 heterocycles. The molecule has 0 unspecified atom stereocenters. The Labute approximate surface area is 145 Å². The molecular weight excluding hydrogens is 330 g/mol. The summed E-state index contributed by atoms with van der Waals surface area (Å²) in [6.45, 7) is 6.42. The Hall–Kier alpha value is -2.40. The summed E-state index contributed by atoms with van der Waals surface area (Å²) in [4.78, 5) is 22.3. The van der Waals surface area contributed by atoms with Crippen molar-refractivity contribution in [3.63, 3.8) is 0 Å². The fourth-order valence-corrected chi connectivity index (χ4v) is 2.31. The number of esters is 1. The standard InChI is InChI=1S/C18H18ClNO4/c1-18(2,3)13-6-4-12(5-7-13)11-24-17(21)15-10-14(20(22)23)8-9-16(15)19/h4-10H,11H2,1-3H3. The van der Waals surface area contributed by atoms with Crippen LogP contribution in [0.4, 0.5) is 5.69 Å². The first-order valence-electron chi connectivity index (χ1n) is 7.39. The molecule has 2 aromatic carbocycles. The van der Waals surface area contributed by atoms with Crippen LogP contribution in [0.2, 0.25) is 5.02 Å². The lowest BCUT2D eigenvalue weighted by molar-refractivity contribution is -0.384. The van der Waals surface area contributed by atoms with Crippen molar-refractivity contribution in [2.45, 2.75) is 32.8 Å². The zero-order chi connectivity index (χ0) is 17.9. The highest BCUT2D eigenvalue weighted by molar-refractivity contribution is 6.33. The van der Waals surface area contributed by atoms with Crippen molar-refractivity contribution in [3.05, 3.63) is 74.3 Å². The van der Waals surface area contributed by atoms with Crippen LogP contribution in [0.25, 0.3) is 0 Å². The summed E-state index contributed by atoms with van der Waals surface area (Å²) < 4.78 is 5.21. The lowest BCUT2D eigenvalue weighted by Crippen LogP contribution is -2.11. The first-order chi connectivity index (χ1) is 11.2. The second kappa shape index (κ2) is 7.01. The maximum atomic E-state index is 12.1. The zero-order valence-electron chi connectivity index (χ0n) is 13.7. The Balaban J connectivity index is 2.08. The van der Waals surface area contributed by atoms with Crippen LogP contribution in [-0.4, -0.2) is 10.9 Å². The van der Waals surface area contributed by atoms with Crippen LogP contribution in [0, 0.1) is 10.1 Å². The molecule has 0 fully saturated rings.